The maximum absolute atomic E-state index is 13.5. The Balaban J connectivity index is 1.45. The SMILES string of the molecule is O=S(=O)(N1C=C(CNc2nonc2C(=Nc2ccc(F)c(Br)c2)NO)CC1)N1CCCCC1. The number of rotatable bonds is 7. The monoisotopic (exact) mass is 543 g/mol. The molecule has 3 N–H and O–H groups in total. The summed E-state index contributed by atoms with van der Waals surface area (Å²) in [6, 6.07) is 4.10. The topological polar surface area (TPSA) is 136 Å². The first-order chi connectivity index (χ1) is 15.9. The van der Waals surface area contributed by atoms with Gasteiger partial charge in [0.1, 0.15) is 5.82 Å². The van der Waals surface area contributed by atoms with Crippen molar-refractivity contribution in [1.29, 1.82) is 0 Å². The van der Waals surface area contributed by atoms with Crippen LogP contribution in [-0.2, 0) is 10.2 Å². The predicted molar refractivity (Wildman–Crippen MR) is 122 cm³/mol. The number of benzene rings is 1. The van der Waals surface area contributed by atoms with E-state index in [1.54, 1.807) is 6.20 Å². The van der Waals surface area contributed by atoms with Gasteiger partial charge in [-0.05, 0) is 69.3 Å². The molecule has 1 aromatic carbocycles. The number of halogens is 2. The molecular weight excluding hydrogens is 521 g/mol. The van der Waals surface area contributed by atoms with E-state index in [1.807, 2.05) is 5.48 Å². The van der Waals surface area contributed by atoms with Crippen molar-refractivity contribution in [2.24, 2.45) is 4.99 Å². The molecule has 2 aliphatic rings. The molecule has 3 heterocycles. The molecule has 0 radical (unpaired) electrons. The maximum Gasteiger partial charge on any atom is 0.303 e. The molecule has 0 aliphatic carbocycles. The minimum Gasteiger partial charge on any atom is -0.361 e. The number of amidine groups is 1. The van der Waals surface area contributed by atoms with Crippen LogP contribution < -0.4 is 10.8 Å². The Kier molecular flexibility index (Phi) is 7.26. The fourth-order valence-corrected chi connectivity index (χ4v) is 5.61. The van der Waals surface area contributed by atoms with Crippen LogP contribution >= 0.6 is 15.9 Å². The highest BCUT2D eigenvalue weighted by Crippen LogP contribution is 2.25. The van der Waals surface area contributed by atoms with Crippen LogP contribution in [0.3, 0.4) is 0 Å². The lowest BCUT2D eigenvalue weighted by molar-refractivity contribution is 0.234. The van der Waals surface area contributed by atoms with E-state index in [0.717, 1.165) is 24.8 Å². The van der Waals surface area contributed by atoms with E-state index in [1.165, 1.54) is 26.8 Å². The van der Waals surface area contributed by atoms with Crippen molar-refractivity contribution in [3.63, 3.8) is 0 Å². The Morgan fingerprint density at radius 3 is 2.76 bits per heavy atom. The number of nitrogens with one attached hydrogen (secondary N) is 2. The van der Waals surface area contributed by atoms with Gasteiger partial charge in [-0.25, -0.2) is 14.0 Å². The second-order valence-electron chi connectivity index (χ2n) is 7.60. The Labute approximate surface area is 198 Å². The van der Waals surface area contributed by atoms with Gasteiger partial charge in [0.05, 0.1) is 10.2 Å². The van der Waals surface area contributed by atoms with Gasteiger partial charge in [-0.3, -0.25) is 15.0 Å². The van der Waals surface area contributed by atoms with E-state index in [-0.39, 0.29) is 21.8 Å². The first kappa shape index (κ1) is 23.6. The molecule has 1 fully saturated rings. The molecule has 0 spiro atoms. The van der Waals surface area contributed by atoms with E-state index >= 15 is 0 Å². The number of hydroxylamine groups is 1. The van der Waals surface area contributed by atoms with Gasteiger partial charge in [-0.1, -0.05) is 6.42 Å². The summed E-state index contributed by atoms with van der Waals surface area (Å²) in [5.74, 6) is -0.305. The summed E-state index contributed by atoms with van der Waals surface area (Å²) >= 11 is 3.09. The molecule has 0 unspecified atom stereocenters. The molecule has 1 saturated heterocycles. The molecule has 0 bridgehead atoms. The second-order valence-corrected chi connectivity index (χ2v) is 10.3. The van der Waals surface area contributed by atoms with Gasteiger partial charge in [0.2, 0.25) is 5.82 Å². The van der Waals surface area contributed by atoms with Crippen molar-refractivity contribution in [2.75, 3.05) is 31.5 Å². The average Bonchev–Trinajstić information content (AvgIpc) is 3.49. The Hall–Kier alpha value is -2.55. The fourth-order valence-electron chi connectivity index (χ4n) is 3.62. The average molecular weight is 544 g/mol. The van der Waals surface area contributed by atoms with E-state index < -0.39 is 16.0 Å². The minimum atomic E-state index is -3.51. The summed E-state index contributed by atoms with van der Waals surface area (Å²) in [6.07, 6.45) is 5.02. The minimum absolute atomic E-state index is 0.0630. The Morgan fingerprint density at radius 2 is 2.03 bits per heavy atom. The summed E-state index contributed by atoms with van der Waals surface area (Å²) in [4.78, 5) is 4.21. The predicted octanol–water partition coefficient (Wildman–Crippen LogP) is 2.76. The van der Waals surface area contributed by atoms with E-state index in [2.05, 4.69) is 36.6 Å². The van der Waals surface area contributed by atoms with Gasteiger partial charge in [-0.15, -0.1) is 0 Å². The van der Waals surface area contributed by atoms with Crippen molar-refractivity contribution < 1.29 is 22.6 Å². The lowest BCUT2D eigenvalue weighted by atomic mass is 10.2. The van der Waals surface area contributed by atoms with Gasteiger partial charge >= 0.3 is 10.2 Å². The van der Waals surface area contributed by atoms with Crippen molar-refractivity contribution in [1.82, 2.24) is 24.4 Å². The summed E-state index contributed by atoms with van der Waals surface area (Å²) < 4.78 is 47.0. The van der Waals surface area contributed by atoms with Crippen molar-refractivity contribution in [3.05, 3.63) is 46.0 Å². The van der Waals surface area contributed by atoms with Crippen molar-refractivity contribution >= 4 is 43.5 Å². The molecule has 11 nitrogen and oxygen atoms in total. The second kappa shape index (κ2) is 10.2. The van der Waals surface area contributed by atoms with Crippen LogP contribution in [0.15, 0.2) is 44.1 Å². The zero-order chi connectivity index (χ0) is 23.4. The highest BCUT2D eigenvalue weighted by molar-refractivity contribution is 9.10. The third-order valence-electron chi connectivity index (χ3n) is 5.36. The molecule has 33 heavy (non-hydrogen) atoms. The van der Waals surface area contributed by atoms with Gasteiger partial charge in [0.15, 0.2) is 11.5 Å². The molecule has 0 saturated carbocycles. The third-order valence-corrected chi connectivity index (χ3v) is 7.87. The van der Waals surface area contributed by atoms with Crippen LogP contribution in [0.1, 0.15) is 31.4 Å². The first-order valence-electron chi connectivity index (χ1n) is 10.4. The number of hydrogen-bond acceptors (Lipinski definition) is 8. The van der Waals surface area contributed by atoms with E-state index in [4.69, 9.17) is 4.63 Å². The fraction of sp³-hybridized carbons (Fsp3) is 0.421. The zero-order valence-electron chi connectivity index (χ0n) is 17.5. The van der Waals surface area contributed by atoms with Crippen molar-refractivity contribution in [3.8, 4) is 0 Å². The highest BCUT2D eigenvalue weighted by Gasteiger charge is 2.31. The van der Waals surface area contributed by atoms with Gasteiger partial charge in [-0.2, -0.15) is 12.7 Å². The largest absolute Gasteiger partial charge is 0.361 e. The molecule has 0 amide bonds. The molecule has 2 aliphatic heterocycles. The van der Waals surface area contributed by atoms with E-state index in [0.29, 0.717) is 38.3 Å². The first-order valence-corrected chi connectivity index (χ1v) is 12.5. The zero-order valence-corrected chi connectivity index (χ0v) is 19.9. The molecule has 0 atom stereocenters. The number of hydrogen-bond donors (Lipinski definition) is 3. The van der Waals surface area contributed by atoms with Crippen molar-refractivity contribution in [2.45, 2.75) is 25.7 Å². The number of nitrogens with zero attached hydrogens (tertiary/aromatic N) is 5. The number of anilines is 1. The normalized spacial score (nSPS) is 17.8. The molecular formula is C19H23BrFN7O4S. The maximum atomic E-state index is 13.5. The van der Waals surface area contributed by atoms with Gasteiger partial charge < -0.3 is 5.32 Å². The Morgan fingerprint density at radius 1 is 1.24 bits per heavy atom. The lowest BCUT2D eigenvalue weighted by Crippen LogP contribution is -2.43. The summed E-state index contributed by atoms with van der Waals surface area (Å²) in [7, 11) is -3.51. The van der Waals surface area contributed by atoms with Crippen LogP contribution in [-0.4, -0.2) is 64.6 Å². The van der Waals surface area contributed by atoms with E-state index in [9.17, 15) is 18.0 Å². The summed E-state index contributed by atoms with van der Waals surface area (Å²) in [6.45, 7) is 1.78. The smallest absolute Gasteiger partial charge is 0.303 e. The van der Waals surface area contributed by atoms with Crippen LogP contribution in [0.5, 0.6) is 0 Å². The third kappa shape index (κ3) is 5.34. The summed E-state index contributed by atoms with van der Waals surface area (Å²) in [5.41, 5.74) is 3.27. The van der Waals surface area contributed by atoms with Crippen LogP contribution in [0, 0.1) is 5.82 Å². The Bertz CT molecular complexity index is 1160. The number of aromatic nitrogens is 2. The number of aliphatic imine (C=N–C) groups is 1. The molecule has 4 rings (SSSR count). The lowest BCUT2D eigenvalue weighted by Gasteiger charge is -2.29. The molecule has 14 heteroatoms. The molecule has 178 valence electrons. The van der Waals surface area contributed by atoms with Gasteiger partial charge in [0.25, 0.3) is 0 Å². The standard InChI is InChI=1S/C19H23BrFN7O4S/c20-15-10-14(4-5-16(15)21)23-19(24-29)17-18(26-32-25-17)22-11-13-6-9-28(12-13)33(30,31)27-7-2-1-3-8-27/h4-5,10,12,29H,1-3,6-9,11H2,(H,22,26)(H,23,24). The van der Waals surface area contributed by atoms with Crippen LogP contribution in [0.2, 0.25) is 0 Å². The quantitative estimate of drug-likeness (QED) is 0.275. The molecule has 1 aromatic heterocycles. The van der Waals surface area contributed by atoms with Gasteiger partial charge in [0, 0.05) is 32.4 Å². The van der Waals surface area contributed by atoms with Crippen LogP contribution in [0.4, 0.5) is 15.9 Å². The van der Waals surface area contributed by atoms with Crippen LogP contribution in [0.25, 0.3) is 0 Å². The molecule has 2 aromatic rings. The highest BCUT2D eigenvalue weighted by atomic mass is 79.9. The number of piperidine rings is 1. The summed E-state index contributed by atoms with van der Waals surface area (Å²) in [5, 5.41) is 20.1.